The lowest BCUT2D eigenvalue weighted by Gasteiger charge is -2.24. The highest BCUT2D eigenvalue weighted by molar-refractivity contribution is 7.87. The summed E-state index contributed by atoms with van der Waals surface area (Å²) in [6, 6.07) is 13.9. The van der Waals surface area contributed by atoms with Crippen LogP contribution in [0.2, 0.25) is 0 Å². The number of amides is 2. The van der Waals surface area contributed by atoms with E-state index in [1.807, 2.05) is 0 Å². The number of methoxy groups -OCH3 is 3. The first kappa shape index (κ1) is 29.6. The second-order valence-corrected chi connectivity index (χ2v) is 9.64. The van der Waals surface area contributed by atoms with Crippen LogP contribution in [0.5, 0.6) is 17.2 Å². The van der Waals surface area contributed by atoms with E-state index in [9.17, 15) is 26.4 Å². The molecular weight excluding hydrogens is 541 g/mol. The largest absolute Gasteiger partial charge is 0.495 e. The summed E-state index contributed by atoms with van der Waals surface area (Å²) in [5, 5.41) is 2.77. The van der Waals surface area contributed by atoms with Crippen molar-refractivity contribution in [2.45, 2.75) is 17.6 Å². The Hall–Kier alpha value is -3.97. The van der Waals surface area contributed by atoms with Gasteiger partial charge in [-0.05, 0) is 48.0 Å². The first-order valence-corrected chi connectivity index (χ1v) is 12.9. The van der Waals surface area contributed by atoms with Gasteiger partial charge in [0.2, 0.25) is 0 Å². The first-order valence-electron chi connectivity index (χ1n) is 11.4. The number of carbonyl (C=O) groups excluding carboxylic acids is 1. The van der Waals surface area contributed by atoms with Gasteiger partial charge in [-0.25, -0.2) is 4.79 Å². The maximum atomic E-state index is 13.1. The molecule has 3 rings (SSSR count). The molecule has 9 nitrogen and oxygen atoms in total. The molecule has 0 radical (unpaired) electrons. The summed E-state index contributed by atoms with van der Waals surface area (Å²) in [7, 11) is -0.425. The van der Waals surface area contributed by atoms with Crippen LogP contribution in [0.3, 0.4) is 0 Å². The number of para-hydroxylation sites is 2. The van der Waals surface area contributed by atoms with E-state index in [0.29, 0.717) is 23.1 Å². The van der Waals surface area contributed by atoms with Gasteiger partial charge in [-0.2, -0.15) is 21.6 Å². The first-order chi connectivity index (χ1) is 18.5. The Kier molecular flexibility index (Phi) is 9.65. The van der Waals surface area contributed by atoms with Gasteiger partial charge >= 0.3 is 22.3 Å². The molecule has 1 N–H and O–H groups in total. The van der Waals surface area contributed by atoms with Crippen molar-refractivity contribution in [3.05, 3.63) is 77.9 Å². The molecule has 3 aromatic rings. The number of carbonyl (C=O) groups is 1. The SMILES string of the molecule is COCCN(Cc1ccc(OC)c(OS(=O)(=O)c2cccc(C(F)(F)F)c2)c1)C(=O)Nc1ccccc1OC. The predicted octanol–water partition coefficient (Wildman–Crippen LogP) is 5.17. The topological polar surface area (TPSA) is 103 Å². The van der Waals surface area contributed by atoms with Crippen LogP contribution in [-0.4, -0.2) is 53.8 Å². The summed E-state index contributed by atoms with van der Waals surface area (Å²) < 4.78 is 85.8. The van der Waals surface area contributed by atoms with Crippen molar-refractivity contribution in [2.75, 3.05) is 39.8 Å². The normalized spacial score (nSPS) is 11.5. The summed E-state index contributed by atoms with van der Waals surface area (Å²) in [5.41, 5.74) is -0.239. The molecule has 0 aliphatic rings. The standard InChI is InChI=1S/C26H27F3N2O7S/c1-35-14-13-31(25(32)30-21-9-4-5-10-22(21)36-2)17-18-11-12-23(37-3)24(15-18)38-39(33,34)20-8-6-7-19(16-20)26(27,28)29/h4-12,15-16H,13-14,17H2,1-3H3,(H,30,32). The van der Waals surface area contributed by atoms with Crippen molar-refractivity contribution >= 4 is 21.8 Å². The van der Waals surface area contributed by atoms with Gasteiger partial charge < -0.3 is 28.6 Å². The second kappa shape index (κ2) is 12.7. The Labute approximate surface area is 224 Å². The van der Waals surface area contributed by atoms with E-state index >= 15 is 0 Å². The highest BCUT2D eigenvalue weighted by Crippen LogP contribution is 2.34. The van der Waals surface area contributed by atoms with E-state index in [0.717, 1.165) is 18.2 Å². The van der Waals surface area contributed by atoms with Crippen LogP contribution in [0, 0.1) is 0 Å². The summed E-state index contributed by atoms with van der Waals surface area (Å²) in [6.07, 6.45) is -4.74. The highest BCUT2D eigenvalue weighted by atomic mass is 32.2. The molecule has 0 aliphatic heterocycles. The molecule has 0 heterocycles. The van der Waals surface area contributed by atoms with Crippen molar-refractivity contribution < 1.29 is 44.8 Å². The number of nitrogens with one attached hydrogen (secondary N) is 1. The predicted molar refractivity (Wildman–Crippen MR) is 137 cm³/mol. The summed E-state index contributed by atoms with van der Waals surface area (Å²) in [5.74, 6) is 0.220. The number of rotatable bonds is 11. The summed E-state index contributed by atoms with van der Waals surface area (Å²) in [6.45, 7) is 0.402. The number of nitrogens with zero attached hydrogens (tertiary/aromatic N) is 1. The number of hydrogen-bond donors (Lipinski definition) is 1. The fraction of sp³-hybridized carbons (Fsp3) is 0.269. The number of anilines is 1. The smallest absolute Gasteiger partial charge is 0.416 e. The fourth-order valence-corrected chi connectivity index (χ4v) is 4.47. The second-order valence-electron chi connectivity index (χ2n) is 8.09. The molecule has 210 valence electrons. The van der Waals surface area contributed by atoms with E-state index in [-0.39, 0.29) is 31.2 Å². The van der Waals surface area contributed by atoms with Crippen LogP contribution in [0.1, 0.15) is 11.1 Å². The molecule has 3 aromatic carbocycles. The zero-order valence-electron chi connectivity index (χ0n) is 21.3. The summed E-state index contributed by atoms with van der Waals surface area (Å²) in [4.78, 5) is 13.8. The van der Waals surface area contributed by atoms with Gasteiger partial charge in [0.1, 0.15) is 10.6 Å². The quantitative estimate of drug-likeness (QED) is 0.318. The van der Waals surface area contributed by atoms with Gasteiger partial charge in [-0.1, -0.05) is 24.3 Å². The van der Waals surface area contributed by atoms with Gasteiger partial charge in [-0.15, -0.1) is 0 Å². The lowest BCUT2D eigenvalue weighted by Crippen LogP contribution is -2.37. The molecular formula is C26H27F3N2O7S. The van der Waals surface area contributed by atoms with Gasteiger partial charge in [0.15, 0.2) is 11.5 Å². The molecule has 2 amide bonds. The van der Waals surface area contributed by atoms with Crippen molar-refractivity contribution in [3.8, 4) is 17.2 Å². The number of urea groups is 1. The number of ether oxygens (including phenoxy) is 3. The van der Waals surface area contributed by atoms with E-state index in [1.54, 1.807) is 30.3 Å². The molecule has 0 unspecified atom stereocenters. The van der Waals surface area contributed by atoms with E-state index in [4.69, 9.17) is 18.4 Å². The molecule has 0 saturated carbocycles. The highest BCUT2D eigenvalue weighted by Gasteiger charge is 2.32. The molecule has 0 bridgehead atoms. The Morgan fingerprint density at radius 3 is 2.28 bits per heavy atom. The lowest BCUT2D eigenvalue weighted by molar-refractivity contribution is -0.137. The van der Waals surface area contributed by atoms with Crippen LogP contribution in [0.15, 0.2) is 71.6 Å². The van der Waals surface area contributed by atoms with Crippen LogP contribution < -0.4 is 19.0 Å². The maximum Gasteiger partial charge on any atom is 0.416 e. The van der Waals surface area contributed by atoms with Crippen LogP contribution in [0.4, 0.5) is 23.7 Å². The minimum atomic E-state index is -4.74. The number of hydrogen-bond acceptors (Lipinski definition) is 7. The average molecular weight is 569 g/mol. The average Bonchev–Trinajstić information content (AvgIpc) is 2.90. The van der Waals surface area contributed by atoms with Crippen molar-refractivity contribution in [1.82, 2.24) is 4.90 Å². The fourth-order valence-electron chi connectivity index (χ4n) is 3.50. The molecule has 13 heteroatoms. The number of benzene rings is 3. The van der Waals surface area contributed by atoms with Gasteiger partial charge in [0, 0.05) is 20.2 Å². The molecule has 0 saturated heterocycles. The minimum Gasteiger partial charge on any atom is -0.495 e. The number of halogens is 3. The Balaban J connectivity index is 1.87. The van der Waals surface area contributed by atoms with Crippen molar-refractivity contribution in [1.29, 1.82) is 0 Å². The lowest BCUT2D eigenvalue weighted by atomic mass is 10.2. The molecule has 0 spiro atoms. The van der Waals surface area contributed by atoms with E-state index < -0.39 is 32.8 Å². The Morgan fingerprint density at radius 2 is 1.62 bits per heavy atom. The molecule has 39 heavy (non-hydrogen) atoms. The zero-order valence-corrected chi connectivity index (χ0v) is 22.1. The monoisotopic (exact) mass is 568 g/mol. The van der Waals surface area contributed by atoms with Crippen LogP contribution in [0.25, 0.3) is 0 Å². The molecule has 0 aliphatic carbocycles. The Morgan fingerprint density at radius 1 is 0.897 bits per heavy atom. The molecule has 0 fully saturated rings. The van der Waals surface area contributed by atoms with E-state index in [1.165, 1.54) is 38.4 Å². The molecule has 0 aromatic heterocycles. The van der Waals surface area contributed by atoms with Crippen molar-refractivity contribution in [3.63, 3.8) is 0 Å². The molecule has 0 atom stereocenters. The third-order valence-corrected chi connectivity index (χ3v) is 6.68. The Bertz CT molecular complexity index is 1400. The summed E-state index contributed by atoms with van der Waals surface area (Å²) >= 11 is 0. The van der Waals surface area contributed by atoms with Gasteiger partial charge in [0.25, 0.3) is 0 Å². The zero-order chi connectivity index (χ0) is 28.6. The van der Waals surface area contributed by atoms with Crippen molar-refractivity contribution in [2.24, 2.45) is 0 Å². The van der Waals surface area contributed by atoms with E-state index in [2.05, 4.69) is 5.32 Å². The van der Waals surface area contributed by atoms with Crippen LogP contribution >= 0.6 is 0 Å². The third-order valence-electron chi connectivity index (χ3n) is 5.45. The van der Waals surface area contributed by atoms with Gasteiger partial charge in [0.05, 0.1) is 32.1 Å². The number of alkyl halides is 3. The van der Waals surface area contributed by atoms with Gasteiger partial charge in [-0.3, -0.25) is 0 Å². The maximum absolute atomic E-state index is 13.1. The minimum absolute atomic E-state index is 0.00824. The van der Waals surface area contributed by atoms with Crippen LogP contribution in [-0.2, 0) is 27.6 Å². The third kappa shape index (κ3) is 7.77.